The van der Waals surface area contributed by atoms with Crippen LogP contribution in [0.1, 0.15) is 10.4 Å². The number of nitrogens with zero attached hydrogens (tertiary/aromatic N) is 1. The summed E-state index contributed by atoms with van der Waals surface area (Å²) in [6.45, 7) is 2.55. The van der Waals surface area contributed by atoms with Crippen LogP contribution in [-0.4, -0.2) is 32.2 Å². The van der Waals surface area contributed by atoms with E-state index in [1.54, 1.807) is 24.3 Å². The molecule has 1 heterocycles. The quantitative estimate of drug-likeness (QED) is 0.764. The van der Waals surface area contributed by atoms with E-state index in [0.29, 0.717) is 43.2 Å². The lowest BCUT2D eigenvalue weighted by Crippen LogP contribution is -2.36. The molecule has 1 saturated heterocycles. The van der Waals surface area contributed by atoms with Crippen LogP contribution in [0.4, 0.5) is 15.8 Å². The van der Waals surface area contributed by atoms with Gasteiger partial charge in [-0.05, 0) is 59.0 Å². The Morgan fingerprint density at radius 3 is 2.65 bits per heavy atom. The van der Waals surface area contributed by atoms with Crippen molar-refractivity contribution >= 4 is 39.9 Å². The van der Waals surface area contributed by atoms with Gasteiger partial charge in [0.2, 0.25) is 0 Å². The molecule has 0 saturated carbocycles. The highest BCUT2D eigenvalue weighted by Gasteiger charge is 2.16. The van der Waals surface area contributed by atoms with Gasteiger partial charge in [0, 0.05) is 27.9 Å². The van der Waals surface area contributed by atoms with E-state index >= 15 is 0 Å². The number of amides is 1. The van der Waals surface area contributed by atoms with Crippen LogP contribution in [0.15, 0.2) is 42.5 Å². The van der Waals surface area contributed by atoms with Crippen LogP contribution >= 0.6 is 22.6 Å². The van der Waals surface area contributed by atoms with Gasteiger partial charge < -0.3 is 15.0 Å². The molecule has 1 aliphatic heterocycles. The normalized spacial score (nSPS) is 14.6. The van der Waals surface area contributed by atoms with Crippen molar-refractivity contribution in [2.75, 3.05) is 36.5 Å². The summed E-state index contributed by atoms with van der Waals surface area (Å²) >= 11 is 2.15. The van der Waals surface area contributed by atoms with Gasteiger partial charge in [-0.25, -0.2) is 4.39 Å². The molecule has 0 unspecified atom stereocenters. The van der Waals surface area contributed by atoms with E-state index in [1.165, 1.54) is 6.07 Å². The van der Waals surface area contributed by atoms with Crippen molar-refractivity contribution in [2.24, 2.45) is 0 Å². The van der Waals surface area contributed by atoms with Crippen molar-refractivity contribution < 1.29 is 13.9 Å². The number of carbonyl (C=O) groups is 1. The number of hydrogen-bond acceptors (Lipinski definition) is 3. The van der Waals surface area contributed by atoms with Gasteiger partial charge >= 0.3 is 0 Å². The highest BCUT2D eigenvalue weighted by atomic mass is 127. The predicted octanol–water partition coefficient (Wildman–Crippen LogP) is 3.52. The molecule has 2 aromatic carbocycles. The van der Waals surface area contributed by atoms with Crippen LogP contribution in [0.25, 0.3) is 0 Å². The fourth-order valence-corrected chi connectivity index (χ4v) is 3.02. The maximum Gasteiger partial charge on any atom is 0.255 e. The number of benzene rings is 2. The van der Waals surface area contributed by atoms with Gasteiger partial charge in [-0.15, -0.1) is 0 Å². The topological polar surface area (TPSA) is 41.6 Å². The number of anilines is 2. The van der Waals surface area contributed by atoms with E-state index in [4.69, 9.17) is 4.74 Å². The fraction of sp³-hybridized carbons (Fsp3) is 0.235. The molecule has 6 heteroatoms. The number of rotatable bonds is 3. The van der Waals surface area contributed by atoms with Gasteiger partial charge in [0.15, 0.2) is 0 Å². The summed E-state index contributed by atoms with van der Waals surface area (Å²) < 4.78 is 20.6. The third-order valence-electron chi connectivity index (χ3n) is 3.64. The molecule has 0 atom stereocenters. The first-order chi connectivity index (χ1) is 11.1. The summed E-state index contributed by atoms with van der Waals surface area (Å²) in [7, 11) is 0. The molecule has 0 radical (unpaired) electrons. The minimum absolute atomic E-state index is 0.248. The SMILES string of the molecule is O=C(Nc1ccc(N2CCOCC2)c(F)c1)c1cccc(I)c1. The average molecular weight is 426 g/mol. The van der Waals surface area contributed by atoms with Crippen LogP contribution in [0.2, 0.25) is 0 Å². The lowest BCUT2D eigenvalue weighted by molar-refractivity contribution is 0.102. The molecular formula is C17H16FIN2O2. The molecule has 1 fully saturated rings. The number of morpholine rings is 1. The summed E-state index contributed by atoms with van der Waals surface area (Å²) in [6, 6.07) is 12.0. The minimum Gasteiger partial charge on any atom is -0.378 e. The number of ether oxygens (including phenoxy) is 1. The van der Waals surface area contributed by atoms with Gasteiger partial charge in [-0.2, -0.15) is 0 Å². The van der Waals surface area contributed by atoms with Crippen molar-refractivity contribution in [3.63, 3.8) is 0 Å². The van der Waals surface area contributed by atoms with Crippen LogP contribution in [0.5, 0.6) is 0 Å². The van der Waals surface area contributed by atoms with E-state index in [9.17, 15) is 9.18 Å². The summed E-state index contributed by atoms with van der Waals surface area (Å²) in [4.78, 5) is 14.1. The lowest BCUT2D eigenvalue weighted by atomic mass is 10.2. The molecule has 120 valence electrons. The van der Waals surface area contributed by atoms with Gasteiger partial charge in [0.05, 0.1) is 18.9 Å². The Morgan fingerprint density at radius 1 is 1.17 bits per heavy atom. The monoisotopic (exact) mass is 426 g/mol. The summed E-state index contributed by atoms with van der Waals surface area (Å²) in [5.41, 5.74) is 1.54. The number of halogens is 2. The van der Waals surface area contributed by atoms with E-state index in [-0.39, 0.29) is 11.7 Å². The Balaban J connectivity index is 1.73. The van der Waals surface area contributed by atoms with Crippen molar-refractivity contribution in [3.8, 4) is 0 Å². The maximum atomic E-state index is 14.3. The molecule has 0 aromatic heterocycles. The molecule has 1 amide bonds. The van der Waals surface area contributed by atoms with Gasteiger partial charge in [0.1, 0.15) is 5.82 Å². The standard InChI is InChI=1S/C17H16FIN2O2/c18-15-11-14(4-5-16(15)21-6-8-23-9-7-21)20-17(22)12-2-1-3-13(19)10-12/h1-5,10-11H,6-9H2,(H,20,22). The highest BCUT2D eigenvalue weighted by molar-refractivity contribution is 14.1. The maximum absolute atomic E-state index is 14.3. The molecule has 4 nitrogen and oxygen atoms in total. The van der Waals surface area contributed by atoms with Crippen LogP contribution in [-0.2, 0) is 4.74 Å². The Labute approximate surface area is 147 Å². The van der Waals surface area contributed by atoms with Gasteiger partial charge in [0.25, 0.3) is 5.91 Å². The Hall–Kier alpha value is -1.67. The van der Waals surface area contributed by atoms with E-state index in [1.807, 2.05) is 17.0 Å². The predicted molar refractivity (Wildman–Crippen MR) is 96.5 cm³/mol. The van der Waals surface area contributed by atoms with E-state index < -0.39 is 0 Å². The van der Waals surface area contributed by atoms with Crippen molar-refractivity contribution in [1.82, 2.24) is 0 Å². The zero-order valence-corrected chi connectivity index (χ0v) is 14.5. The Morgan fingerprint density at radius 2 is 1.96 bits per heavy atom. The fourth-order valence-electron chi connectivity index (χ4n) is 2.48. The summed E-state index contributed by atoms with van der Waals surface area (Å²) in [6.07, 6.45) is 0. The molecule has 3 rings (SSSR count). The highest BCUT2D eigenvalue weighted by Crippen LogP contribution is 2.24. The molecule has 0 spiro atoms. The van der Waals surface area contributed by atoms with Gasteiger partial charge in [-0.3, -0.25) is 4.79 Å². The van der Waals surface area contributed by atoms with Gasteiger partial charge in [-0.1, -0.05) is 6.07 Å². The molecular weight excluding hydrogens is 410 g/mol. The number of nitrogens with one attached hydrogen (secondary N) is 1. The first kappa shape index (κ1) is 16.2. The average Bonchev–Trinajstić information content (AvgIpc) is 2.56. The zero-order valence-electron chi connectivity index (χ0n) is 12.4. The molecule has 1 N–H and O–H groups in total. The smallest absolute Gasteiger partial charge is 0.255 e. The second kappa shape index (κ2) is 7.27. The van der Waals surface area contributed by atoms with Crippen LogP contribution in [0, 0.1) is 9.39 Å². The van der Waals surface area contributed by atoms with Crippen molar-refractivity contribution in [2.45, 2.75) is 0 Å². The lowest BCUT2D eigenvalue weighted by Gasteiger charge is -2.29. The third-order valence-corrected chi connectivity index (χ3v) is 4.32. The van der Waals surface area contributed by atoms with Crippen molar-refractivity contribution in [1.29, 1.82) is 0 Å². The molecule has 0 bridgehead atoms. The number of hydrogen-bond donors (Lipinski definition) is 1. The summed E-state index contributed by atoms with van der Waals surface area (Å²) in [5, 5.41) is 2.73. The number of carbonyl (C=O) groups excluding carboxylic acids is 1. The van der Waals surface area contributed by atoms with E-state index in [2.05, 4.69) is 27.9 Å². The van der Waals surface area contributed by atoms with Crippen LogP contribution in [0.3, 0.4) is 0 Å². The van der Waals surface area contributed by atoms with Crippen molar-refractivity contribution in [3.05, 3.63) is 57.4 Å². The van der Waals surface area contributed by atoms with Crippen LogP contribution < -0.4 is 10.2 Å². The first-order valence-electron chi connectivity index (χ1n) is 7.32. The minimum atomic E-state index is -0.340. The van der Waals surface area contributed by atoms with E-state index in [0.717, 1.165) is 3.57 Å². The second-order valence-electron chi connectivity index (χ2n) is 5.23. The second-order valence-corrected chi connectivity index (χ2v) is 6.48. The largest absolute Gasteiger partial charge is 0.378 e. The third kappa shape index (κ3) is 4.00. The molecule has 1 aliphatic rings. The molecule has 23 heavy (non-hydrogen) atoms. The molecule has 0 aliphatic carbocycles. The Bertz CT molecular complexity index is 717. The Kier molecular flexibility index (Phi) is 5.12. The first-order valence-corrected chi connectivity index (χ1v) is 8.40. The summed E-state index contributed by atoms with van der Waals surface area (Å²) in [5.74, 6) is -0.589. The zero-order chi connectivity index (χ0) is 16.2. The molecule has 2 aromatic rings.